The van der Waals surface area contributed by atoms with Crippen molar-refractivity contribution in [3.63, 3.8) is 0 Å². The number of carbonyl (C=O) groups excluding carboxylic acids is 1. The van der Waals surface area contributed by atoms with E-state index in [1.807, 2.05) is 18.2 Å². The Kier molecular flexibility index (Phi) is 4.45. The number of hydrogen-bond donors (Lipinski definition) is 2. The lowest BCUT2D eigenvalue weighted by atomic mass is 9.90. The number of hydrogen-bond acceptors (Lipinski definition) is 2. The van der Waals surface area contributed by atoms with Crippen molar-refractivity contribution < 1.29 is 4.79 Å². The normalized spacial score (nSPS) is 18.4. The van der Waals surface area contributed by atoms with Gasteiger partial charge in [0.05, 0.1) is 5.56 Å². The molecule has 1 saturated heterocycles. The summed E-state index contributed by atoms with van der Waals surface area (Å²) in [6, 6.07) is 5.63. The number of halogens is 2. The highest BCUT2D eigenvalue weighted by molar-refractivity contribution is 9.11. The predicted molar refractivity (Wildman–Crippen MR) is 79.8 cm³/mol. The molecule has 0 spiro atoms. The summed E-state index contributed by atoms with van der Waals surface area (Å²) in [5, 5.41) is 6.46. The third kappa shape index (κ3) is 3.33. The number of rotatable bonds is 2. The van der Waals surface area contributed by atoms with E-state index in [0.29, 0.717) is 5.56 Å². The van der Waals surface area contributed by atoms with Gasteiger partial charge >= 0.3 is 0 Å². The fourth-order valence-electron chi connectivity index (χ4n) is 2.12. The van der Waals surface area contributed by atoms with Crippen LogP contribution in [0.5, 0.6) is 0 Å². The summed E-state index contributed by atoms with van der Waals surface area (Å²) in [4.78, 5) is 12.3. The van der Waals surface area contributed by atoms with E-state index in [-0.39, 0.29) is 11.4 Å². The number of nitrogens with one attached hydrogen (secondary N) is 2. The molecule has 1 fully saturated rings. The minimum absolute atomic E-state index is 0.0208. The number of amides is 1. The minimum atomic E-state index is -0.107. The molecule has 5 heteroatoms. The lowest BCUT2D eigenvalue weighted by Gasteiger charge is -2.35. The van der Waals surface area contributed by atoms with E-state index in [2.05, 4.69) is 49.4 Å². The average molecular weight is 376 g/mol. The topological polar surface area (TPSA) is 41.1 Å². The van der Waals surface area contributed by atoms with Gasteiger partial charge in [0.1, 0.15) is 0 Å². The van der Waals surface area contributed by atoms with E-state index in [0.717, 1.165) is 34.9 Å². The zero-order valence-electron chi connectivity index (χ0n) is 10.2. The van der Waals surface area contributed by atoms with E-state index in [9.17, 15) is 4.79 Å². The summed E-state index contributed by atoms with van der Waals surface area (Å²) in [7, 11) is 0. The molecular formula is C13H16Br2N2O. The first kappa shape index (κ1) is 14.0. The molecule has 1 aliphatic heterocycles. The Hall–Kier alpha value is -0.390. The first-order valence-electron chi connectivity index (χ1n) is 5.98. The van der Waals surface area contributed by atoms with Gasteiger partial charge in [-0.25, -0.2) is 0 Å². The molecule has 2 N–H and O–H groups in total. The lowest BCUT2D eigenvalue weighted by Crippen LogP contribution is -2.52. The van der Waals surface area contributed by atoms with Crippen molar-refractivity contribution in [3.8, 4) is 0 Å². The van der Waals surface area contributed by atoms with Crippen molar-refractivity contribution >= 4 is 37.8 Å². The largest absolute Gasteiger partial charge is 0.347 e. The Balaban J connectivity index is 2.14. The third-order valence-corrected chi connectivity index (χ3v) is 4.48. The van der Waals surface area contributed by atoms with Crippen LogP contribution in [-0.2, 0) is 0 Å². The molecule has 1 aromatic rings. The van der Waals surface area contributed by atoms with Gasteiger partial charge in [0.15, 0.2) is 0 Å². The van der Waals surface area contributed by atoms with Gasteiger partial charge in [-0.3, -0.25) is 4.79 Å². The van der Waals surface area contributed by atoms with Gasteiger partial charge in [0, 0.05) is 14.5 Å². The Morgan fingerprint density at radius 1 is 1.33 bits per heavy atom. The van der Waals surface area contributed by atoms with Crippen LogP contribution in [0.3, 0.4) is 0 Å². The molecule has 0 radical (unpaired) electrons. The number of carbonyl (C=O) groups is 1. The highest BCUT2D eigenvalue weighted by atomic mass is 79.9. The van der Waals surface area contributed by atoms with Crippen LogP contribution in [0.15, 0.2) is 27.1 Å². The standard InChI is InChI=1S/C13H16Br2N2O/c1-13(4-6-16-7-5-13)17-12(18)10-8-9(14)2-3-11(10)15/h2-3,8,16H,4-7H2,1H3,(H,17,18). The molecule has 98 valence electrons. The highest BCUT2D eigenvalue weighted by Gasteiger charge is 2.29. The van der Waals surface area contributed by atoms with Crippen molar-refractivity contribution in [1.29, 1.82) is 0 Å². The Morgan fingerprint density at radius 3 is 2.67 bits per heavy atom. The van der Waals surface area contributed by atoms with Crippen molar-refractivity contribution in [2.75, 3.05) is 13.1 Å². The first-order chi connectivity index (χ1) is 8.50. The molecule has 2 rings (SSSR count). The molecule has 0 aliphatic carbocycles. The van der Waals surface area contributed by atoms with Gasteiger partial charge in [-0.15, -0.1) is 0 Å². The van der Waals surface area contributed by atoms with Crippen molar-refractivity contribution in [1.82, 2.24) is 10.6 Å². The predicted octanol–water partition coefficient (Wildman–Crippen LogP) is 3.08. The second-order valence-electron chi connectivity index (χ2n) is 4.89. The smallest absolute Gasteiger partial charge is 0.252 e. The fourth-order valence-corrected chi connectivity index (χ4v) is 2.90. The van der Waals surface area contributed by atoms with Crippen LogP contribution in [0, 0.1) is 0 Å². The van der Waals surface area contributed by atoms with Crippen LogP contribution in [0.4, 0.5) is 0 Å². The van der Waals surface area contributed by atoms with E-state index < -0.39 is 0 Å². The summed E-state index contributed by atoms with van der Waals surface area (Å²) < 4.78 is 1.73. The minimum Gasteiger partial charge on any atom is -0.347 e. The number of piperidine rings is 1. The quantitative estimate of drug-likeness (QED) is 0.833. The third-order valence-electron chi connectivity index (χ3n) is 3.30. The van der Waals surface area contributed by atoms with E-state index >= 15 is 0 Å². The van der Waals surface area contributed by atoms with Gasteiger partial charge in [0.2, 0.25) is 0 Å². The molecule has 0 bridgehead atoms. The molecule has 0 atom stereocenters. The van der Waals surface area contributed by atoms with E-state index in [1.54, 1.807) is 0 Å². The van der Waals surface area contributed by atoms with Crippen LogP contribution in [0.1, 0.15) is 30.1 Å². The SMILES string of the molecule is CC1(NC(=O)c2cc(Br)ccc2Br)CCNCC1. The van der Waals surface area contributed by atoms with E-state index in [1.165, 1.54) is 0 Å². The Morgan fingerprint density at radius 2 is 2.00 bits per heavy atom. The Labute approximate surface area is 124 Å². The van der Waals surface area contributed by atoms with Gasteiger partial charge in [-0.1, -0.05) is 15.9 Å². The summed E-state index contributed by atoms with van der Waals surface area (Å²) in [5.74, 6) is -0.0208. The van der Waals surface area contributed by atoms with Crippen LogP contribution in [0.25, 0.3) is 0 Å². The maximum absolute atomic E-state index is 12.3. The molecule has 1 aliphatic rings. The van der Waals surface area contributed by atoms with Gasteiger partial charge in [-0.05, 0) is 67.0 Å². The zero-order valence-corrected chi connectivity index (χ0v) is 13.4. The molecule has 3 nitrogen and oxygen atoms in total. The summed E-state index contributed by atoms with van der Waals surface area (Å²) >= 11 is 6.81. The van der Waals surface area contributed by atoms with Gasteiger partial charge in [0.25, 0.3) is 5.91 Å². The second kappa shape index (κ2) is 5.72. The molecule has 0 unspecified atom stereocenters. The maximum Gasteiger partial charge on any atom is 0.252 e. The molecule has 18 heavy (non-hydrogen) atoms. The summed E-state index contributed by atoms with van der Waals surface area (Å²) in [6.45, 7) is 4.02. The Bertz CT molecular complexity index is 456. The second-order valence-corrected chi connectivity index (χ2v) is 6.66. The fraction of sp³-hybridized carbons (Fsp3) is 0.462. The first-order valence-corrected chi connectivity index (χ1v) is 7.57. The molecule has 1 heterocycles. The molecular weight excluding hydrogens is 360 g/mol. The van der Waals surface area contributed by atoms with Crippen LogP contribution in [-0.4, -0.2) is 24.5 Å². The van der Waals surface area contributed by atoms with Crippen LogP contribution >= 0.6 is 31.9 Å². The maximum atomic E-state index is 12.3. The molecule has 0 saturated carbocycles. The molecule has 0 aromatic heterocycles. The van der Waals surface area contributed by atoms with Crippen LogP contribution in [0.2, 0.25) is 0 Å². The van der Waals surface area contributed by atoms with Crippen molar-refractivity contribution in [3.05, 3.63) is 32.7 Å². The van der Waals surface area contributed by atoms with Crippen LogP contribution < -0.4 is 10.6 Å². The summed E-state index contributed by atoms with van der Waals surface area (Å²) in [6.07, 6.45) is 1.93. The van der Waals surface area contributed by atoms with Crippen molar-refractivity contribution in [2.24, 2.45) is 0 Å². The highest BCUT2D eigenvalue weighted by Crippen LogP contribution is 2.23. The molecule has 1 aromatic carbocycles. The lowest BCUT2D eigenvalue weighted by molar-refractivity contribution is 0.0886. The molecule has 1 amide bonds. The summed E-state index contributed by atoms with van der Waals surface area (Å²) in [5.41, 5.74) is 0.563. The monoisotopic (exact) mass is 374 g/mol. The average Bonchev–Trinajstić information content (AvgIpc) is 2.32. The van der Waals surface area contributed by atoms with Crippen molar-refractivity contribution in [2.45, 2.75) is 25.3 Å². The van der Waals surface area contributed by atoms with Gasteiger partial charge < -0.3 is 10.6 Å². The van der Waals surface area contributed by atoms with E-state index in [4.69, 9.17) is 0 Å². The number of benzene rings is 1. The van der Waals surface area contributed by atoms with Gasteiger partial charge in [-0.2, -0.15) is 0 Å². The zero-order chi connectivity index (χ0) is 13.2.